The highest BCUT2D eigenvalue weighted by molar-refractivity contribution is 5.93. The van der Waals surface area contributed by atoms with Crippen LogP contribution in [0, 0.1) is 22.7 Å². The normalized spacial score (nSPS) is 24.2. The average molecular weight is 452 g/mol. The van der Waals surface area contributed by atoms with E-state index in [-0.39, 0.29) is 24.3 Å². The minimum absolute atomic E-state index is 0.00378. The molecule has 2 saturated heterocycles. The maximum Gasteiger partial charge on any atom is 0.417 e. The van der Waals surface area contributed by atoms with Gasteiger partial charge in [0.25, 0.3) is 0 Å². The third kappa shape index (κ3) is 3.60. The minimum atomic E-state index is -1.07. The molecule has 3 fully saturated rings. The van der Waals surface area contributed by atoms with E-state index in [9.17, 15) is 14.7 Å². The van der Waals surface area contributed by atoms with Gasteiger partial charge in [0.2, 0.25) is 5.91 Å². The number of hydrogen-bond acceptors (Lipinski definition) is 7. The van der Waals surface area contributed by atoms with Gasteiger partial charge in [0.15, 0.2) is 5.65 Å². The Labute approximate surface area is 192 Å². The molecule has 0 unspecified atom stereocenters. The summed E-state index contributed by atoms with van der Waals surface area (Å²) in [6.07, 6.45) is 3.19. The van der Waals surface area contributed by atoms with Gasteiger partial charge >= 0.3 is 6.09 Å². The molecule has 1 amide bonds. The smallest absolute Gasteiger partial charge is 0.417 e. The van der Waals surface area contributed by atoms with E-state index in [0.29, 0.717) is 47.1 Å². The van der Waals surface area contributed by atoms with E-state index in [1.807, 2.05) is 13.1 Å². The molecule has 3 aliphatic rings. The highest BCUT2D eigenvalue weighted by Crippen LogP contribution is 2.52. The molecule has 2 aromatic heterocycles. The number of rotatable bonds is 4. The minimum Gasteiger partial charge on any atom is -0.464 e. The summed E-state index contributed by atoms with van der Waals surface area (Å²) in [6.45, 7) is 5.36. The lowest BCUT2D eigenvalue weighted by Gasteiger charge is -2.54. The zero-order chi connectivity index (χ0) is 23.3. The Morgan fingerprint density at radius 3 is 2.76 bits per heavy atom. The molecule has 10 nitrogen and oxygen atoms in total. The van der Waals surface area contributed by atoms with Crippen molar-refractivity contribution in [3.63, 3.8) is 0 Å². The average Bonchev–Trinajstić information content (AvgIpc) is 3.15. The molecule has 2 N–H and O–H groups in total. The summed E-state index contributed by atoms with van der Waals surface area (Å²) >= 11 is 0. The molecule has 10 heteroatoms. The number of likely N-dealkylation sites (tertiary alicyclic amines) is 1. The number of carboxylic acid groups (broad SMARTS) is 1. The summed E-state index contributed by atoms with van der Waals surface area (Å²) in [7, 11) is 1.96. The molecule has 5 rings (SSSR count). The number of amides is 1. The van der Waals surface area contributed by atoms with Crippen LogP contribution in [0.15, 0.2) is 12.3 Å². The fraction of sp³-hybridized carbons (Fsp3) is 0.609. The molecular formula is C23H29N7O3. The van der Waals surface area contributed by atoms with Crippen LogP contribution in [-0.4, -0.2) is 75.8 Å². The first kappa shape index (κ1) is 21.6. The fourth-order valence-electron chi connectivity index (χ4n) is 5.67. The molecular weight excluding hydrogens is 422 g/mol. The number of carbonyl (C=O) groups excluding carboxylic acids is 1. The third-order valence-electron chi connectivity index (χ3n) is 7.80. The van der Waals surface area contributed by atoms with Crippen LogP contribution in [0.4, 0.5) is 10.6 Å². The van der Waals surface area contributed by atoms with Crippen LogP contribution in [0.2, 0.25) is 0 Å². The van der Waals surface area contributed by atoms with Crippen molar-refractivity contribution in [2.75, 3.05) is 38.1 Å². The van der Waals surface area contributed by atoms with E-state index in [2.05, 4.69) is 17.1 Å². The second-order valence-electron chi connectivity index (χ2n) is 9.94. The van der Waals surface area contributed by atoms with Gasteiger partial charge in [-0.15, -0.1) is 0 Å². The quantitative estimate of drug-likeness (QED) is 0.723. The van der Waals surface area contributed by atoms with Gasteiger partial charge < -0.3 is 20.2 Å². The van der Waals surface area contributed by atoms with Crippen molar-refractivity contribution in [2.45, 2.75) is 44.6 Å². The van der Waals surface area contributed by atoms with Gasteiger partial charge in [-0.25, -0.2) is 19.3 Å². The maximum atomic E-state index is 12.4. The molecule has 33 heavy (non-hydrogen) atoms. The number of likely N-dealkylation sites (N-methyl/N-ethyl adjacent to an activating group) is 1. The standard InChI is InChI=1S/C23H29N7O3/c1-14-4-7-29(18(31)3-6-24)11-17(14)28(2)20-16-5-8-30(22(32)33)21(16)27-19(26-20)15-9-23(10-15)12-25-13-23/h5,8,14-15,17,25H,3-4,7,9-13H2,1-2H3,(H,32,33)/t14-,17+/m1/s1. The number of anilines is 1. The van der Waals surface area contributed by atoms with E-state index in [1.165, 1.54) is 6.20 Å². The van der Waals surface area contributed by atoms with Gasteiger partial charge in [-0.1, -0.05) is 6.92 Å². The number of hydrogen-bond donors (Lipinski definition) is 2. The van der Waals surface area contributed by atoms with Gasteiger partial charge in [-0.2, -0.15) is 5.26 Å². The first-order chi connectivity index (χ1) is 15.8. The Bertz CT molecular complexity index is 1140. The molecule has 0 aromatic carbocycles. The van der Waals surface area contributed by atoms with Crippen molar-refractivity contribution < 1.29 is 14.7 Å². The van der Waals surface area contributed by atoms with Crippen molar-refractivity contribution in [3.05, 3.63) is 18.1 Å². The molecule has 4 heterocycles. The largest absolute Gasteiger partial charge is 0.464 e. The van der Waals surface area contributed by atoms with Crippen LogP contribution in [0.1, 0.15) is 44.3 Å². The lowest BCUT2D eigenvalue weighted by molar-refractivity contribution is -0.131. The number of nitrogens with one attached hydrogen (secondary N) is 1. The number of piperidine rings is 1. The van der Waals surface area contributed by atoms with E-state index < -0.39 is 6.09 Å². The molecule has 2 aliphatic heterocycles. The van der Waals surface area contributed by atoms with Gasteiger partial charge in [0.05, 0.1) is 17.5 Å². The van der Waals surface area contributed by atoms with Gasteiger partial charge in [0.1, 0.15) is 18.1 Å². The summed E-state index contributed by atoms with van der Waals surface area (Å²) in [6, 6.07) is 3.71. The van der Waals surface area contributed by atoms with Crippen LogP contribution in [0.3, 0.4) is 0 Å². The zero-order valence-electron chi connectivity index (χ0n) is 19.0. The molecule has 1 aliphatic carbocycles. The summed E-state index contributed by atoms with van der Waals surface area (Å²) in [5, 5.41) is 22.6. The van der Waals surface area contributed by atoms with Crippen LogP contribution < -0.4 is 10.2 Å². The molecule has 1 saturated carbocycles. The lowest BCUT2D eigenvalue weighted by Crippen LogP contribution is -2.59. The highest BCUT2D eigenvalue weighted by atomic mass is 16.4. The Morgan fingerprint density at radius 1 is 1.36 bits per heavy atom. The molecule has 174 valence electrons. The number of carbonyl (C=O) groups is 2. The first-order valence-electron chi connectivity index (χ1n) is 11.5. The molecule has 2 aromatic rings. The molecule has 0 radical (unpaired) electrons. The number of aromatic nitrogens is 3. The van der Waals surface area contributed by atoms with E-state index in [4.69, 9.17) is 15.2 Å². The van der Waals surface area contributed by atoms with E-state index in [1.54, 1.807) is 11.0 Å². The monoisotopic (exact) mass is 451 g/mol. The Kier molecular flexibility index (Phi) is 5.24. The van der Waals surface area contributed by atoms with Crippen molar-refractivity contribution in [1.82, 2.24) is 24.8 Å². The van der Waals surface area contributed by atoms with Crippen LogP contribution >= 0.6 is 0 Å². The lowest BCUT2D eigenvalue weighted by atomic mass is 9.58. The van der Waals surface area contributed by atoms with Crippen molar-refractivity contribution >= 4 is 28.9 Å². The van der Waals surface area contributed by atoms with Crippen LogP contribution in [-0.2, 0) is 4.79 Å². The Hall–Kier alpha value is -3.19. The fourth-order valence-corrected chi connectivity index (χ4v) is 5.67. The molecule has 2 atom stereocenters. The maximum absolute atomic E-state index is 12.4. The highest BCUT2D eigenvalue weighted by Gasteiger charge is 2.50. The summed E-state index contributed by atoms with van der Waals surface area (Å²) < 4.78 is 1.16. The second-order valence-corrected chi connectivity index (χ2v) is 9.94. The van der Waals surface area contributed by atoms with Gasteiger partial charge in [-0.05, 0) is 36.7 Å². The molecule has 1 spiro atoms. The number of nitriles is 1. The predicted octanol–water partition coefficient (Wildman–Crippen LogP) is 2.01. The third-order valence-corrected chi connectivity index (χ3v) is 7.80. The summed E-state index contributed by atoms with van der Waals surface area (Å²) in [4.78, 5) is 37.7. The Morgan fingerprint density at radius 2 is 2.12 bits per heavy atom. The topological polar surface area (TPSA) is 127 Å². The molecule has 0 bridgehead atoms. The van der Waals surface area contributed by atoms with Crippen LogP contribution in [0.5, 0.6) is 0 Å². The van der Waals surface area contributed by atoms with Crippen molar-refractivity contribution in [3.8, 4) is 6.07 Å². The number of nitrogens with zero attached hydrogens (tertiary/aromatic N) is 6. The SMILES string of the molecule is C[C@@H]1CCN(C(=O)CC#N)C[C@@H]1N(C)c1nc(C2CC3(CNC3)C2)nc2c1ccn2C(=O)O. The van der Waals surface area contributed by atoms with Crippen molar-refractivity contribution in [1.29, 1.82) is 5.26 Å². The predicted molar refractivity (Wildman–Crippen MR) is 121 cm³/mol. The van der Waals surface area contributed by atoms with E-state index in [0.717, 1.165) is 36.9 Å². The van der Waals surface area contributed by atoms with Crippen LogP contribution in [0.25, 0.3) is 11.0 Å². The zero-order valence-corrected chi connectivity index (χ0v) is 19.0. The second kappa shape index (κ2) is 7.99. The number of fused-ring (bicyclic) bond motifs is 1. The first-order valence-corrected chi connectivity index (χ1v) is 11.5. The van der Waals surface area contributed by atoms with E-state index >= 15 is 0 Å². The Balaban J connectivity index is 1.50. The summed E-state index contributed by atoms with van der Waals surface area (Å²) in [5.41, 5.74) is 0.756. The van der Waals surface area contributed by atoms with Crippen molar-refractivity contribution in [2.24, 2.45) is 11.3 Å². The van der Waals surface area contributed by atoms with Gasteiger partial charge in [0, 0.05) is 45.3 Å². The van der Waals surface area contributed by atoms with Gasteiger partial charge in [-0.3, -0.25) is 4.79 Å². The summed E-state index contributed by atoms with van der Waals surface area (Å²) in [5.74, 6) is 1.78.